The van der Waals surface area contributed by atoms with E-state index in [0.29, 0.717) is 28.3 Å². The Morgan fingerprint density at radius 2 is 1.75 bits per heavy atom. The smallest absolute Gasteiger partial charge is 0.300 e. The summed E-state index contributed by atoms with van der Waals surface area (Å²) in [6.45, 7) is 1.99. The summed E-state index contributed by atoms with van der Waals surface area (Å²) in [5, 5.41) is 11.2. The molecule has 0 aliphatic carbocycles. The fourth-order valence-corrected chi connectivity index (χ4v) is 4.28. The normalized spacial score (nSPS) is 18.9. The topological polar surface area (TPSA) is 76.1 Å². The summed E-state index contributed by atoms with van der Waals surface area (Å²) < 4.78 is 11.7. The Bertz CT molecular complexity index is 1280. The summed E-state index contributed by atoms with van der Waals surface area (Å²) in [5.41, 5.74) is 2.60. The number of aliphatic hydroxyl groups is 1. The van der Waals surface area contributed by atoms with Crippen LogP contribution in [0.3, 0.4) is 0 Å². The van der Waals surface area contributed by atoms with Crippen molar-refractivity contribution in [2.45, 2.75) is 13.0 Å². The number of halogens is 1. The zero-order valence-corrected chi connectivity index (χ0v) is 18.6. The van der Waals surface area contributed by atoms with Gasteiger partial charge in [-0.25, -0.2) is 0 Å². The molecule has 1 amide bonds. The molecule has 0 bridgehead atoms. The van der Waals surface area contributed by atoms with E-state index in [9.17, 15) is 14.7 Å². The first-order valence-corrected chi connectivity index (χ1v) is 10.8. The minimum Gasteiger partial charge on any atom is -0.507 e. The SMILES string of the molecule is Cc1cc(/C(O)=C2\C(=O)C(=O)N(c3ccc4c(c3)OCO4)C2c2ccccc2)ccc1Br. The fourth-order valence-electron chi connectivity index (χ4n) is 4.03. The zero-order chi connectivity index (χ0) is 22.4. The molecule has 1 N–H and O–H groups in total. The number of hydrogen-bond donors (Lipinski definition) is 1. The fraction of sp³-hybridized carbons (Fsp3) is 0.120. The largest absolute Gasteiger partial charge is 0.507 e. The van der Waals surface area contributed by atoms with Gasteiger partial charge in [-0.05, 0) is 42.3 Å². The number of aryl methyl sites for hydroxylation is 1. The van der Waals surface area contributed by atoms with Gasteiger partial charge in [-0.1, -0.05) is 52.3 Å². The third kappa shape index (κ3) is 3.26. The molecule has 2 aliphatic heterocycles. The number of benzene rings is 3. The van der Waals surface area contributed by atoms with E-state index < -0.39 is 17.7 Å². The third-order valence-corrected chi connectivity index (χ3v) is 6.52. The maximum Gasteiger partial charge on any atom is 0.300 e. The summed E-state index contributed by atoms with van der Waals surface area (Å²) in [6, 6.07) is 18.8. The molecule has 1 saturated heterocycles. The molecular weight excluding hydrogens is 474 g/mol. The quantitative estimate of drug-likeness (QED) is 0.313. The van der Waals surface area contributed by atoms with Gasteiger partial charge in [0.25, 0.3) is 11.7 Å². The van der Waals surface area contributed by atoms with Gasteiger partial charge < -0.3 is 14.6 Å². The molecule has 2 aliphatic rings. The number of carbonyl (C=O) groups is 2. The molecule has 6 nitrogen and oxygen atoms in total. The second kappa shape index (κ2) is 7.84. The number of ether oxygens (including phenoxy) is 2. The van der Waals surface area contributed by atoms with E-state index in [4.69, 9.17) is 9.47 Å². The molecule has 1 atom stereocenters. The van der Waals surface area contributed by atoms with Crippen LogP contribution in [0.15, 0.2) is 76.8 Å². The minimum atomic E-state index is -0.791. The summed E-state index contributed by atoms with van der Waals surface area (Å²) >= 11 is 3.45. The zero-order valence-electron chi connectivity index (χ0n) is 17.0. The highest BCUT2D eigenvalue weighted by Crippen LogP contribution is 2.44. The maximum atomic E-state index is 13.2. The van der Waals surface area contributed by atoms with E-state index in [1.807, 2.05) is 37.3 Å². The Kier molecular flexibility index (Phi) is 4.98. The number of nitrogens with zero attached hydrogens (tertiary/aromatic N) is 1. The van der Waals surface area contributed by atoms with Gasteiger partial charge in [-0.2, -0.15) is 0 Å². The van der Waals surface area contributed by atoms with Crippen molar-refractivity contribution in [3.8, 4) is 11.5 Å². The van der Waals surface area contributed by atoms with Gasteiger partial charge in [0, 0.05) is 21.8 Å². The molecule has 7 heteroatoms. The van der Waals surface area contributed by atoms with Crippen molar-refractivity contribution in [3.05, 3.63) is 93.5 Å². The summed E-state index contributed by atoms with van der Waals surface area (Å²) in [6.07, 6.45) is 0. The Labute approximate surface area is 192 Å². The second-order valence-corrected chi connectivity index (χ2v) is 8.44. The number of hydrogen-bond acceptors (Lipinski definition) is 5. The maximum absolute atomic E-state index is 13.2. The van der Waals surface area contributed by atoms with Crippen molar-refractivity contribution < 1.29 is 24.2 Å². The molecule has 2 heterocycles. The van der Waals surface area contributed by atoms with Crippen LogP contribution in [0.5, 0.6) is 11.5 Å². The van der Waals surface area contributed by atoms with Crippen LogP contribution in [0.1, 0.15) is 22.7 Å². The predicted octanol–water partition coefficient (Wildman–Crippen LogP) is 5.11. The van der Waals surface area contributed by atoms with Crippen LogP contribution in [0, 0.1) is 6.92 Å². The molecular formula is C25H18BrNO5. The molecule has 0 saturated carbocycles. The van der Waals surface area contributed by atoms with Gasteiger partial charge in [0.15, 0.2) is 11.5 Å². The monoisotopic (exact) mass is 491 g/mol. The molecule has 3 aromatic rings. The van der Waals surface area contributed by atoms with E-state index in [-0.39, 0.29) is 18.1 Å². The second-order valence-electron chi connectivity index (χ2n) is 7.58. The van der Waals surface area contributed by atoms with Crippen LogP contribution in [-0.4, -0.2) is 23.6 Å². The lowest BCUT2D eigenvalue weighted by Gasteiger charge is -2.25. The Morgan fingerprint density at radius 3 is 2.50 bits per heavy atom. The Morgan fingerprint density at radius 1 is 1.00 bits per heavy atom. The lowest BCUT2D eigenvalue weighted by atomic mass is 9.95. The van der Waals surface area contributed by atoms with Gasteiger partial charge >= 0.3 is 0 Å². The molecule has 0 radical (unpaired) electrons. The van der Waals surface area contributed by atoms with Gasteiger partial charge in [-0.15, -0.1) is 0 Å². The first-order chi connectivity index (χ1) is 15.5. The first kappa shape index (κ1) is 20.3. The third-order valence-electron chi connectivity index (χ3n) is 5.63. The van der Waals surface area contributed by atoms with Crippen LogP contribution < -0.4 is 14.4 Å². The molecule has 5 rings (SSSR count). The highest BCUT2D eigenvalue weighted by Gasteiger charge is 2.47. The van der Waals surface area contributed by atoms with E-state index >= 15 is 0 Å². The number of rotatable bonds is 3. The van der Waals surface area contributed by atoms with E-state index in [2.05, 4.69) is 15.9 Å². The van der Waals surface area contributed by atoms with Crippen LogP contribution in [0.4, 0.5) is 5.69 Å². The first-order valence-electron chi connectivity index (χ1n) is 9.98. The molecule has 1 unspecified atom stereocenters. The number of Topliss-reactive ketones (excluding diaryl/α,β-unsaturated/α-hetero) is 1. The number of fused-ring (bicyclic) bond motifs is 1. The highest BCUT2D eigenvalue weighted by molar-refractivity contribution is 9.10. The number of ketones is 1. The van der Waals surface area contributed by atoms with Gasteiger partial charge in [0.1, 0.15) is 5.76 Å². The van der Waals surface area contributed by atoms with E-state index in [1.54, 1.807) is 36.4 Å². The van der Waals surface area contributed by atoms with Crippen molar-refractivity contribution in [2.24, 2.45) is 0 Å². The van der Waals surface area contributed by atoms with Gasteiger partial charge in [-0.3, -0.25) is 14.5 Å². The van der Waals surface area contributed by atoms with Crippen LogP contribution in [-0.2, 0) is 9.59 Å². The lowest BCUT2D eigenvalue weighted by Crippen LogP contribution is -2.29. The lowest BCUT2D eigenvalue weighted by molar-refractivity contribution is -0.132. The molecule has 0 aromatic heterocycles. The average Bonchev–Trinajstić information content (AvgIpc) is 3.38. The minimum absolute atomic E-state index is 0.0422. The van der Waals surface area contributed by atoms with Crippen molar-refractivity contribution in [1.29, 1.82) is 0 Å². The van der Waals surface area contributed by atoms with Crippen LogP contribution in [0.2, 0.25) is 0 Å². The number of aliphatic hydroxyl groups excluding tert-OH is 1. The summed E-state index contributed by atoms with van der Waals surface area (Å²) in [4.78, 5) is 27.8. The van der Waals surface area contributed by atoms with Crippen LogP contribution in [0.25, 0.3) is 5.76 Å². The predicted molar refractivity (Wildman–Crippen MR) is 123 cm³/mol. The standard InChI is InChI=1S/C25H18BrNO5/c1-14-11-16(7-9-18(14)26)23(28)21-22(15-5-3-2-4-6-15)27(25(30)24(21)29)17-8-10-19-20(12-17)32-13-31-19/h2-12,22,28H,13H2,1H3/b23-21+. The van der Waals surface area contributed by atoms with Crippen molar-refractivity contribution in [3.63, 3.8) is 0 Å². The van der Waals surface area contributed by atoms with E-state index in [1.165, 1.54) is 4.90 Å². The molecule has 0 spiro atoms. The Balaban J connectivity index is 1.70. The highest BCUT2D eigenvalue weighted by atomic mass is 79.9. The van der Waals surface area contributed by atoms with Crippen LogP contribution >= 0.6 is 15.9 Å². The van der Waals surface area contributed by atoms with Crippen molar-refractivity contribution >= 4 is 39.1 Å². The molecule has 1 fully saturated rings. The summed E-state index contributed by atoms with van der Waals surface area (Å²) in [5.74, 6) is -0.592. The van der Waals surface area contributed by atoms with Crippen molar-refractivity contribution in [2.75, 3.05) is 11.7 Å². The van der Waals surface area contributed by atoms with Gasteiger partial charge in [0.2, 0.25) is 6.79 Å². The summed E-state index contributed by atoms with van der Waals surface area (Å²) in [7, 11) is 0. The van der Waals surface area contributed by atoms with Gasteiger partial charge in [0.05, 0.1) is 11.6 Å². The molecule has 3 aromatic carbocycles. The molecule has 32 heavy (non-hydrogen) atoms. The van der Waals surface area contributed by atoms with E-state index in [0.717, 1.165) is 10.0 Å². The van der Waals surface area contributed by atoms with Crippen molar-refractivity contribution in [1.82, 2.24) is 0 Å². The molecule has 160 valence electrons. The number of amides is 1. The Hall–Kier alpha value is -3.58. The average molecular weight is 492 g/mol. The number of anilines is 1. The number of carbonyl (C=O) groups excluding carboxylic acids is 2.